The maximum Gasteiger partial charge on any atom is 0.488 e. The van der Waals surface area contributed by atoms with E-state index in [9.17, 15) is 0 Å². The Morgan fingerprint density at radius 2 is 1.57 bits per heavy atom. The normalized spacial score (nSPS) is 11.5. The van der Waals surface area contributed by atoms with Gasteiger partial charge in [-0.2, -0.15) is 0 Å². The summed E-state index contributed by atoms with van der Waals surface area (Å²) in [6.07, 6.45) is 0. The van der Waals surface area contributed by atoms with Gasteiger partial charge in [-0.3, -0.25) is 0 Å². The highest BCUT2D eigenvalue weighted by molar-refractivity contribution is 6.58. The lowest BCUT2D eigenvalue weighted by atomic mass is 9.80. The zero-order valence-electron chi connectivity index (χ0n) is 8.94. The van der Waals surface area contributed by atoms with E-state index in [-0.39, 0.29) is 0 Å². The van der Waals surface area contributed by atoms with E-state index < -0.39 is 7.12 Å². The fraction of sp³-hybridized carbons (Fsp3) is 0.400. The molecule has 0 spiro atoms. The highest BCUT2D eigenvalue weighted by atomic mass is 16.4. The van der Waals surface area contributed by atoms with E-state index >= 15 is 0 Å². The van der Waals surface area contributed by atoms with Crippen LogP contribution < -0.4 is 5.46 Å². The molecule has 1 rings (SSSR count). The minimum absolute atomic E-state index is 0.537. The van der Waals surface area contributed by atoms with Crippen LogP contribution in [0.1, 0.15) is 5.56 Å². The number of hydrogen-bond acceptors (Lipinski definition) is 2. The standard InChI is InChI=1S/C10H17BNO2/c1-12(2,3)8-9-4-6-10(7-5-9)11(13)14/h4-7,13-14H,8H2,1-3H3/q+1. The summed E-state index contributed by atoms with van der Waals surface area (Å²) >= 11 is 0. The third kappa shape index (κ3) is 3.50. The molecule has 0 aromatic heterocycles. The molecule has 0 heterocycles. The molecule has 76 valence electrons. The quantitative estimate of drug-likeness (QED) is 0.506. The number of benzene rings is 1. The summed E-state index contributed by atoms with van der Waals surface area (Å²) in [6, 6.07) is 7.35. The molecule has 0 bridgehead atoms. The molecule has 0 aliphatic rings. The highest BCUT2D eigenvalue weighted by Crippen LogP contribution is 2.04. The van der Waals surface area contributed by atoms with Gasteiger partial charge in [-0.25, -0.2) is 0 Å². The van der Waals surface area contributed by atoms with Gasteiger partial charge in [0.15, 0.2) is 0 Å². The van der Waals surface area contributed by atoms with Crippen molar-refractivity contribution >= 4 is 12.6 Å². The van der Waals surface area contributed by atoms with Gasteiger partial charge in [-0.05, 0) is 5.46 Å². The molecule has 0 aliphatic carbocycles. The first-order chi connectivity index (χ1) is 6.38. The van der Waals surface area contributed by atoms with Crippen LogP contribution in [-0.4, -0.2) is 42.8 Å². The molecular weight excluding hydrogens is 177 g/mol. The molecule has 14 heavy (non-hydrogen) atoms. The van der Waals surface area contributed by atoms with Crippen molar-refractivity contribution in [1.82, 2.24) is 0 Å². The number of quaternary nitrogens is 1. The summed E-state index contributed by atoms with van der Waals surface area (Å²) in [5, 5.41) is 17.8. The molecule has 0 fully saturated rings. The Morgan fingerprint density at radius 3 is 1.93 bits per heavy atom. The summed E-state index contributed by atoms with van der Waals surface area (Å²) in [7, 11) is 4.99. The lowest BCUT2D eigenvalue weighted by Gasteiger charge is -2.23. The molecule has 0 saturated carbocycles. The van der Waals surface area contributed by atoms with Crippen LogP contribution in [0, 0.1) is 0 Å². The van der Waals surface area contributed by atoms with Gasteiger partial charge >= 0.3 is 7.12 Å². The number of hydrogen-bond donors (Lipinski definition) is 2. The Balaban J connectivity index is 2.74. The van der Waals surface area contributed by atoms with Crippen molar-refractivity contribution in [3.8, 4) is 0 Å². The molecule has 0 aliphatic heterocycles. The molecule has 0 atom stereocenters. The first kappa shape index (κ1) is 11.2. The second-order valence-electron chi connectivity index (χ2n) is 4.56. The Kier molecular flexibility index (Phi) is 3.31. The van der Waals surface area contributed by atoms with Gasteiger partial charge < -0.3 is 14.5 Å². The Labute approximate surface area is 85.3 Å². The van der Waals surface area contributed by atoms with E-state index in [0.717, 1.165) is 11.0 Å². The SMILES string of the molecule is C[N+](C)(C)Cc1ccc(B(O)O)cc1. The molecule has 0 radical (unpaired) electrons. The van der Waals surface area contributed by atoms with E-state index in [2.05, 4.69) is 21.1 Å². The minimum Gasteiger partial charge on any atom is -0.423 e. The largest absolute Gasteiger partial charge is 0.488 e. The van der Waals surface area contributed by atoms with Crippen molar-refractivity contribution in [2.24, 2.45) is 0 Å². The average Bonchev–Trinajstić information content (AvgIpc) is 2.02. The molecule has 0 saturated heterocycles. The molecule has 0 unspecified atom stereocenters. The van der Waals surface area contributed by atoms with Gasteiger partial charge in [-0.15, -0.1) is 0 Å². The number of nitrogens with zero attached hydrogens (tertiary/aromatic N) is 1. The first-order valence-electron chi connectivity index (χ1n) is 4.64. The second kappa shape index (κ2) is 4.13. The van der Waals surface area contributed by atoms with Crippen LogP contribution in [-0.2, 0) is 6.54 Å². The van der Waals surface area contributed by atoms with Crippen LogP contribution in [0.25, 0.3) is 0 Å². The Hall–Kier alpha value is -0.835. The van der Waals surface area contributed by atoms with Crippen LogP contribution >= 0.6 is 0 Å². The van der Waals surface area contributed by atoms with Crippen molar-refractivity contribution in [3.05, 3.63) is 29.8 Å². The highest BCUT2D eigenvalue weighted by Gasteiger charge is 2.12. The van der Waals surface area contributed by atoms with E-state index in [1.54, 1.807) is 12.1 Å². The fourth-order valence-electron chi connectivity index (χ4n) is 1.34. The second-order valence-corrected chi connectivity index (χ2v) is 4.56. The summed E-state index contributed by atoms with van der Waals surface area (Å²) < 4.78 is 0.862. The first-order valence-corrected chi connectivity index (χ1v) is 4.64. The van der Waals surface area contributed by atoms with E-state index in [1.165, 1.54) is 5.56 Å². The monoisotopic (exact) mass is 194 g/mol. The van der Waals surface area contributed by atoms with Gasteiger partial charge in [0.1, 0.15) is 6.54 Å². The predicted molar refractivity (Wildman–Crippen MR) is 58.0 cm³/mol. The van der Waals surface area contributed by atoms with E-state index in [0.29, 0.717) is 5.46 Å². The average molecular weight is 194 g/mol. The number of rotatable bonds is 3. The maximum absolute atomic E-state index is 8.90. The van der Waals surface area contributed by atoms with E-state index in [4.69, 9.17) is 10.0 Å². The zero-order valence-corrected chi connectivity index (χ0v) is 8.94. The van der Waals surface area contributed by atoms with Gasteiger partial charge in [-0.1, -0.05) is 24.3 Å². The summed E-state index contributed by atoms with van der Waals surface area (Å²) in [6.45, 7) is 0.932. The van der Waals surface area contributed by atoms with Crippen molar-refractivity contribution < 1.29 is 14.5 Å². The van der Waals surface area contributed by atoms with Crippen LogP contribution in [0.4, 0.5) is 0 Å². The fourth-order valence-corrected chi connectivity index (χ4v) is 1.34. The summed E-state index contributed by atoms with van der Waals surface area (Å²) in [5.74, 6) is 0. The molecular formula is C10H17BNO2+. The predicted octanol–water partition coefficient (Wildman–Crippen LogP) is -0.427. The molecule has 4 heteroatoms. The van der Waals surface area contributed by atoms with Crippen LogP contribution in [0.3, 0.4) is 0 Å². The topological polar surface area (TPSA) is 40.5 Å². The lowest BCUT2D eigenvalue weighted by molar-refractivity contribution is -0.884. The lowest BCUT2D eigenvalue weighted by Crippen LogP contribution is -2.34. The van der Waals surface area contributed by atoms with Gasteiger partial charge in [0.2, 0.25) is 0 Å². The van der Waals surface area contributed by atoms with Crippen LogP contribution in [0.15, 0.2) is 24.3 Å². The summed E-state index contributed by atoms with van der Waals surface area (Å²) in [5.41, 5.74) is 1.73. The van der Waals surface area contributed by atoms with Crippen molar-refractivity contribution in [2.75, 3.05) is 21.1 Å². The van der Waals surface area contributed by atoms with Crippen LogP contribution in [0.5, 0.6) is 0 Å². The van der Waals surface area contributed by atoms with Crippen molar-refractivity contribution in [1.29, 1.82) is 0 Å². The van der Waals surface area contributed by atoms with E-state index in [1.807, 2.05) is 12.1 Å². The zero-order chi connectivity index (χ0) is 10.8. The molecule has 3 nitrogen and oxygen atoms in total. The van der Waals surface area contributed by atoms with Gasteiger partial charge in [0, 0.05) is 5.56 Å². The third-order valence-electron chi connectivity index (χ3n) is 1.93. The van der Waals surface area contributed by atoms with Crippen molar-refractivity contribution in [2.45, 2.75) is 6.54 Å². The molecule has 2 N–H and O–H groups in total. The molecule has 1 aromatic rings. The maximum atomic E-state index is 8.90. The Morgan fingerprint density at radius 1 is 1.07 bits per heavy atom. The molecule has 0 amide bonds. The van der Waals surface area contributed by atoms with Crippen LogP contribution in [0.2, 0.25) is 0 Å². The van der Waals surface area contributed by atoms with Gasteiger partial charge in [0.25, 0.3) is 0 Å². The minimum atomic E-state index is -1.37. The summed E-state index contributed by atoms with van der Waals surface area (Å²) in [4.78, 5) is 0. The molecule has 1 aromatic carbocycles. The Bertz CT molecular complexity index is 290. The third-order valence-corrected chi connectivity index (χ3v) is 1.93. The van der Waals surface area contributed by atoms with Crippen molar-refractivity contribution in [3.63, 3.8) is 0 Å². The smallest absolute Gasteiger partial charge is 0.423 e. The van der Waals surface area contributed by atoms with Gasteiger partial charge in [0.05, 0.1) is 21.1 Å².